The van der Waals surface area contributed by atoms with Gasteiger partial charge in [0.25, 0.3) is 0 Å². The minimum atomic E-state index is -3.75. The number of nitrogens with one attached hydrogen (secondary N) is 1. The van der Waals surface area contributed by atoms with Crippen molar-refractivity contribution in [1.82, 2.24) is 9.62 Å². The summed E-state index contributed by atoms with van der Waals surface area (Å²) in [6.07, 6.45) is 0. The molecule has 124 valence electrons. The molecule has 2 rings (SSSR count). The molecule has 0 aromatic heterocycles. The number of halogens is 3. The van der Waals surface area contributed by atoms with Gasteiger partial charge in [-0.2, -0.15) is 13.1 Å². The number of sulfonamides is 1. The van der Waals surface area contributed by atoms with Crippen LogP contribution in [0.25, 0.3) is 0 Å². The van der Waals surface area contributed by atoms with Crippen LogP contribution in [0.15, 0.2) is 23.1 Å². The first kappa shape index (κ1) is 17.4. The Balaban J connectivity index is 2.31. The molecule has 0 spiro atoms. The van der Waals surface area contributed by atoms with E-state index in [2.05, 4.69) is 10.1 Å². The van der Waals surface area contributed by atoms with E-state index in [4.69, 9.17) is 11.6 Å². The van der Waals surface area contributed by atoms with Gasteiger partial charge in [0.15, 0.2) is 0 Å². The molecule has 0 radical (unpaired) electrons. The summed E-state index contributed by atoms with van der Waals surface area (Å²) < 4.78 is 55.4. The third-order valence-corrected chi connectivity index (χ3v) is 5.70. The lowest BCUT2D eigenvalue weighted by atomic mass is 10.2. The molecule has 0 saturated carbocycles. The fraction of sp³-hybridized carbons (Fsp3) is 0.538. The predicted octanol–water partition coefficient (Wildman–Crippen LogP) is 2.31. The highest BCUT2D eigenvalue weighted by molar-refractivity contribution is 7.89. The van der Waals surface area contributed by atoms with Gasteiger partial charge in [-0.15, -0.1) is 0 Å². The van der Waals surface area contributed by atoms with Crippen LogP contribution in [0, 0.1) is 0 Å². The molecule has 1 aliphatic heterocycles. The average Bonchev–Trinajstić information content (AvgIpc) is 2.43. The molecule has 0 amide bonds. The average molecular weight is 355 g/mol. The zero-order valence-corrected chi connectivity index (χ0v) is 13.7. The number of ether oxygens (including phenoxy) is 1. The van der Waals surface area contributed by atoms with Crippen molar-refractivity contribution < 1.29 is 21.9 Å². The lowest BCUT2D eigenvalue weighted by Gasteiger charge is -2.36. The van der Waals surface area contributed by atoms with Crippen molar-refractivity contribution >= 4 is 21.6 Å². The highest BCUT2D eigenvalue weighted by Crippen LogP contribution is 2.30. The molecule has 1 aromatic carbocycles. The zero-order valence-electron chi connectivity index (χ0n) is 12.1. The van der Waals surface area contributed by atoms with Crippen LogP contribution >= 0.6 is 11.6 Å². The Hall–Kier alpha value is -0.960. The first-order valence-corrected chi connectivity index (χ1v) is 8.53. The summed E-state index contributed by atoms with van der Waals surface area (Å²) in [6.45, 7) is 1.54. The highest BCUT2D eigenvalue weighted by atomic mass is 35.5. The van der Waals surface area contributed by atoms with Crippen molar-refractivity contribution in [1.29, 1.82) is 0 Å². The summed E-state index contributed by atoms with van der Waals surface area (Å²) in [5.74, 6) is -0.252. The lowest BCUT2D eigenvalue weighted by Crippen LogP contribution is -2.56. The number of rotatable bonds is 4. The van der Waals surface area contributed by atoms with Crippen molar-refractivity contribution in [3.05, 3.63) is 23.2 Å². The van der Waals surface area contributed by atoms with Crippen molar-refractivity contribution in [2.75, 3.05) is 13.1 Å². The van der Waals surface area contributed by atoms with Gasteiger partial charge in [-0.1, -0.05) is 11.6 Å². The van der Waals surface area contributed by atoms with E-state index in [1.807, 2.05) is 6.92 Å². The smallest absolute Gasteiger partial charge is 0.387 e. The maximum atomic E-state index is 12.7. The normalized spacial score (nSPS) is 23.7. The van der Waals surface area contributed by atoms with E-state index >= 15 is 0 Å². The maximum Gasteiger partial charge on any atom is 0.387 e. The Bertz CT molecular complexity index is 642. The molecule has 0 aliphatic carbocycles. The van der Waals surface area contributed by atoms with Crippen molar-refractivity contribution in [3.63, 3.8) is 0 Å². The number of nitrogens with zero attached hydrogens (tertiary/aromatic N) is 1. The molecule has 1 heterocycles. The van der Waals surface area contributed by atoms with Gasteiger partial charge in [0, 0.05) is 25.2 Å². The molecule has 0 bridgehead atoms. The second-order valence-corrected chi connectivity index (χ2v) is 7.50. The second kappa shape index (κ2) is 6.66. The molecule has 2 unspecified atom stereocenters. The number of alkyl halides is 2. The molecule has 1 N–H and O–H groups in total. The number of benzene rings is 1. The molecule has 1 fully saturated rings. The zero-order chi connectivity index (χ0) is 16.5. The van der Waals surface area contributed by atoms with Crippen molar-refractivity contribution in [3.8, 4) is 5.75 Å². The fourth-order valence-corrected chi connectivity index (χ4v) is 4.33. The summed E-state index contributed by atoms with van der Waals surface area (Å²) >= 11 is 5.83. The Morgan fingerprint density at radius 3 is 2.68 bits per heavy atom. The molecule has 9 heteroatoms. The van der Waals surface area contributed by atoms with Gasteiger partial charge in [-0.3, -0.25) is 0 Å². The van der Waals surface area contributed by atoms with E-state index in [0.717, 1.165) is 12.1 Å². The van der Waals surface area contributed by atoms with Crippen molar-refractivity contribution in [2.24, 2.45) is 0 Å². The summed E-state index contributed by atoms with van der Waals surface area (Å²) in [5.41, 5.74) is 0. The van der Waals surface area contributed by atoms with Crippen LogP contribution in [0.3, 0.4) is 0 Å². The van der Waals surface area contributed by atoms with Gasteiger partial charge < -0.3 is 10.1 Å². The third-order valence-electron chi connectivity index (χ3n) is 3.43. The van der Waals surface area contributed by atoms with E-state index in [1.165, 1.54) is 10.4 Å². The van der Waals surface area contributed by atoms with Crippen LogP contribution in [0.2, 0.25) is 5.02 Å². The highest BCUT2D eigenvalue weighted by Gasteiger charge is 2.33. The molecule has 1 aromatic rings. The van der Waals surface area contributed by atoms with Gasteiger partial charge in [0.2, 0.25) is 10.0 Å². The van der Waals surface area contributed by atoms with Crippen LogP contribution < -0.4 is 10.1 Å². The third kappa shape index (κ3) is 3.68. The van der Waals surface area contributed by atoms with Crippen LogP contribution in [0.5, 0.6) is 5.75 Å². The van der Waals surface area contributed by atoms with Crippen LogP contribution in [0.4, 0.5) is 8.78 Å². The molecule has 5 nitrogen and oxygen atoms in total. The van der Waals surface area contributed by atoms with Gasteiger partial charge >= 0.3 is 6.61 Å². The predicted molar refractivity (Wildman–Crippen MR) is 78.9 cm³/mol. The van der Waals surface area contributed by atoms with Crippen LogP contribution in [-0.2, 0) is 10.0 Å². The van der Waals surface area contributed by atoms with Crippen LogP contribution in [-0.4, -0.2) is 44.5 Å². The minimum Gasteiger partial charge on any atom is -0.433 e. The van der Waals surface area contributed by atoms with E-state index in [9.17, 15) is 17.2 Å². The quantitative estimate of drug-likeness (QED) is 0.901. The molecule has 2 atom stereocenters. The minimum absolute atomic E-state index is 0.0305. The summed E-state index contributed by atoms with van der Waals surface area (Å²) in [4.78, 5) is -0.0416. The maximum absolute atomic E-state index is 12.7. The Kier molecular flexibility index (Phi) is 5.26. The lowest BCUT2D eigenvalue weighted by molar-refractivity contribution is -0.0498. The van der Waals surface area contributed by atoms with E-state index in [-0.39, 0.29) is 27.8 Å². The van der Waals surface area contributed by atoms with Crippen LogP contribution in [0.1, 0.15) is 13.8 Å². The standard InChI is InChI=1S/C13H17ClF2N2O3S/c1-8-7-18(9(2)6-17-8)22(19,20)10-3-4-12(11(14)5-10)21-13(15)16/h3-5,8-9,13,17H,6-7H2,1-2H3. The number of hydrogen-bond acceptors (Lipinski definition) is 4. The summed E-state index contributed by atoms with van der Waals surface area (Å²) in [6, 6.07) is 3.31. The molecular formula is C13H17ClF2N2O3S. The van der Waals surface area contributed by atoms with E-state index in [1.54, 1.807) is 6.92 Å². The number of piperazine rings is 1. The molecular weight excluding hydrogens is 338 g/mol. The topological polar surface area (TPSA) is 58.6 Å². The largest absolute Gasteiger partial charge is 0.433 e. The summed E-state index contributed by atoms with van der Waals surface area (Å²) in [7, 11) is -3.75. The van der Waals surface area contributed by atoms with E-state index in [0.29, 0.717) is 13.1 Å². The Morgan fingerprint density at radius 2 is 2.09 bits per heavy atom. The molecule has 1 saturated heterocycles. The first-order valence-electron chi connectivity index (χ1n) is 6.71. The molecule has 1 aliphatic rings. The Labute approximate surface area is 133 Å². The van der Waals surface area contributed by atoms with E-state index < -0.39 is 16.6 Å². The fourth-order valence-electron chi connectivity index (χ4n) is 2.29. The first-order chi connectivity index (χ1) is 10.2. The van der Waals surface area contributed by atoms with Gasteiger partial charge in [-0.05, 0) is 32.0 Å². The second-order valence-electron chi connectivity index (χ2n) is 5.20. The summed E-state index contributed by atoms with van der Waals surface area (Å²) in [5, 5.41) is 3.02. The SMILES string of the molecule is CC1CN(S(=O)(=O)c2ccc(OC(F)F)c(Cl)c2)C(C)CN1. The van der Waals surface area contributed by atoms with Gasteiger partial charge in [0.1, 0.15) is 5.75 Å². The van der Waals surface area contributed by atoms with Gasteiger partial charge in [0.05, 0.1) is 9.92 Å². The monoisotopic (exact) mass is 354 g/mol. The number of hydrogen-bond donors (Lipinski definition) is 1. The van der Waals surface area contributed by atoms with Crippen molar-refractivity contribution in [2.45, 2.75) is 37.4 Å². The van der Waals surface area contributed by atoms with Gasteiger partial charge in [-0.25, -0.2) is 8.42 Å². The molecule has 22 heavy (non-hydrogen) atoms. The Morgan fingerprint density at radius 1 is 1.41 bits per heavy atom.